The molecule has 0 saturated carbocycles. The third-order valence-electron chi connectivity index (χ3n) is 3.77. The molecular weight excluding hydrogens is 224 g/mol. The van der Waals surface area contributed by atoms with E-state index in [0.717, 1.165) is 26.2 Å². The van der Waals surface area contributed by atoms with Crippen LogP contribution >= 0.6 is 0 Å². The van der Waals surface area contributed by atoms with E-state index in [2.05, 4.69) is 37.9 Å². The van der Waals surface area contributed by atoms with E-state index in [1.54, 1.807) is 0 Å². The van der Waals surface area contributed by atoms with Crippen molar-refractivity contribution in [3.05, 3.63) is 0 Å². The van der Waals surface area contributed by atoms with Gasteiger partial charge in [0.25, 0.3) is 0 Å². The van der Waals surface area contributed by atoms with E-state index in [1.165, 1.54) is 25.7 Å². The first-order valence-electron chi connectivity index (χ1n) is 7.76. The molecule has 108 valence electrons. The minimum atomic E-state index is 0.475. The molecule has 1 aliphatic heterocycles. The molecule has 1 rings (SSSR count). The second kappa shape index (κ2) is 8.89. The summed E-state index contributed by atoms with van der Waals surface area (Å²) in [7, 11) is 0. The van der Waals surface area contributed by atoms with Crippen molar-refractivity contribution in [2.75, 3.05) is 26.2 Å². The Bertz CT molecular complexity index is 203. The average Bonchev–Trinajstić information content (AvgIpc) is 2.84. The number of hydrogen-bond acceptors (Lipinski definition) is 3. The fourth-order valence-electron chi connectivity index (χ4n) is 2.70. The molecule has 18 heavy (non-hydrogen) atoms. The molecule has 0 aromatic heterocycles. The fourth-order valence-corrected chi connectivity index (χ4v) is 2.70. The first kappa shape index (κ1) is 15.9. The first-order chi connectivity index (χ1) is 8.67. The summed E-state index contributed by atoms with van der Waals surface area (Å²) in [4.78, 5) is 2.61. The summed E-state index contributed by atoms with van der Waals surface area (Å²) in [6.45, 7) is 13.3. The molecule has 2 unspecified atom stereocenters. The highest BCUT2D eigenvalue weighted by molar-refractivity contribution is 4.78. The van der Waals surface area contributed by atoms with Gasteiger partial charge in [-0.3, -0.25) is 4.90 Å². The van der Waals surface area contributed by atoms with Crippen molar-refractivity contribution in [3.8, 4) is 0 Å². The molecule has 3 heteroatoms. The number of ether oxygens (including phenoxy) is 1. The van der Waals surface area contributed by atoms with E-state index in [0.29, 0.717) is 18.2 Å². The smallest absolute Gasteiger partial charge is 0.0702 e. The van der Waals surface area contributed by atoms with Gasteiger partial charge in [-0.05, 0) is 25.8 Å². The Morgan fingerprint density at radius 1 is 1.33 bits per heavy atom. The van der Waals surface area contributed by atoms with Crippen molar-refractivity contribution >= 4 is 0 Å². The van der Waals surface area contributed by atoms with E-state index >= 15 is 0 Å². The lowest BCUT2D eigenvalue weighted by molar-refractivity contribution is 0.0566. The molecule has 1 saturated heterocycles. The molecular formula is C15H32N2O. The average molecular weight is 256 g/mol. The van der Waals surface area contributed by atoms with Crippen LogP contribution in [0.5, 0.6) is 0 Å². The molecule has 0 aromatic carbocycles. The van der Waals surface area contributed by atoms with Gasteiger partial charge in [-0.15, -0.1) is 0 Å². The monoisotopic (exact) mass is 256 g/mol. The summed E-state index contributed by atoms with van der Waals surface area (Å²) in [6, 6.07) is 1.23. The van der Waals surface area contributed by atoms with Crippen molar-refractivity contribution in [1.29, 1.82) is 0 Å². The zero-order valence-corrected chi connectivity index (χ0v) is 12.7. The maximum Gasteiger partial charge on any atom is 0.0702 e. The topological polar surface area (TPSA) is 24.5 Å². The second-order valence-corrected chi connectivity index (χ2v) is 5.73. The maximum atomic E-state index is 5.78. The van der Waals surface area contributed by atoms with E-state index < -0.39 is 0 Å². The highest BCUT2D eigenvalue weighted by Gasteiger charge is 2.23. The van der Waals surface area contributed by atoms with Crippen LogP contribution in [-0.4, -0.2) is 49.3 Å². The third-order valence-corrected chi connectivity index (χ3v) is 3.77. The van der Waals surface area contributed by atoms with Crippen LogP contribution in [-0.2, 0) is 4.74 Å². The largest absolute Gasteiger partial charge is 0.377 e. The molecule has 1 N–H and O–H groups in total. The number of rotatable bonds is 9. The van der Waals surface area contributed by atoms with E-state index in [4.69, 9.17) is 4.74 Å². The Labute approximate surface area is 113 Å². The minimum Gasteiger partial charge on any atom is -0.377 e. The normalized spacial score (nSPS) is 22.0. The Kier molecular flexibility index (Phi) is 7.87. The van der Waals surface area contributed by atoms with Crippen molar-refractivity contribution in [2.24, 2.45) is 0 Å². The van der Waals surface area contributed by atoms with Gasteiger partial charge in [0.2, 0.25) is 0 Å². The zero-order chi connectivity index (χ0) is 13.4. The Hall–Kier alpha value is -0.120. The molecule has 0 aromatic rings. The second-order valence-electron chi connectivity index (χ2n) is 5.73. The molecule has 2 atom stereocenters. The lowest BCUT2D eigenvalue weighted by Gasteiger charge is -2.33. The van der Waals surface area contributed by atoms with Crippen LogP contribution in [0.3, 0.4) is 0 Å². The predicted octanol–water partition coefficient (Wildman–Crippen LogP) is 2.65. The van der Waals surface area contributed by atoms with Gasteiger partial charge in [-0.25, -0.2) is 0 Å². The van der Waals surface area contributed by atoms with Gasteiger partial charge in [-0.2, -0.15) is 0 Å². The zero-order valence-electron chi connectivity index (χ0n) is 12.7. The summed E-state index contributed by atoms with van der Waals surface area (Å²) >= 11 is 0. The highest BCUT2D eigenvalue weighted by atomic mass is 16.5. The van der Waals surface area contributed by atoms with E-state index in [1.807, 2.05) is 0 Å². The molecule has 0 amide bonds. The van der Waals surface area contributed by atoms with Crippen LogP contribution in [0.25, 0.3) is 0 Å². The minimum absolute atomic E-state index is 0.475. The van der Waals surface area contributed by atoms with Gasteiger partial charge in [0.1, 0.15) is 0 Å². The van der Waals surface area contributed by atoms with Crippen LogP contribution in [0.2, 0.25) is 0 Å². The van der Waals surface area contributed by atoms with E-state index in [-0.39, 0.29) is 0 Å². The van der Waals surface area contributed by atoms with Gasteiger partial charge in [-0.1, -0.05) is 34.1 Å². The van der Waals surface area contributed by atoms with Gasteiger partial charge in [0.05, 0.1) is 6.10 Å². The molecule has 3 nitrogen and oxygen atoms in total. The summed E-state index contributed by atoms with van der Waals surface area (Å²) in [5, 5.41) is 3.59. The van der Waals surface area contributed by atoms with E-state index in [9.17, 15) is 0 Å². The summed E-state index contributed by atoms with van der Waals surface area (Å²) in [5.74, 6) is 0. The quantitative estimate of drug-likeness (QED) is 0.686. The van der Waals surface area contributed by atoms with Crippen LogP contribution in [0, 0.1) is 0 Å². The van der Waals surface area contributed by atoms with Crippen molar-refractivity contribution in [1.82, 2.24) is 10.2 Å². The summed E-state index contributed by atoms with van der Waals surface area (Å²) in [6.07, 6.45) is 5.49. The molecule has 0 spiro atoms. The molecule has 0 radical (unpaired) electrons. The summed E-state index contributed by atoms with van der Waals surface area (Å²) in [5.41, 5.74) is 0. The van der Waals surface area contributed by atoms with Crippen LogP contribution in [0.4, 0.5) is 0 Å². The molecule has 0 aliphatic carbocycles. The Balaban J connectivity index is 2.43. The van der Waals surface area contributed by atoms with Crippen molar-refractivity contribution < 1.29 is 4.74 Å². The predicted molar refractivity (Wildman–Crippen MR) is 78.1 cm³/mol. The molecule has 0 bridgehead atoms. The van der Waals surface area contributed by atoms with Crippen LogP contribution in [0.15, 0.2) is 0 Å². The van der Waals surface area contributed by atoms with Crippen LogP contribution in [0.1, 0.15) is 53.4 Å². The Morgan fingerprint density at radius 2 is 2.11 bits per heavy atom. The fraction of sp³-hybridized carbons (Fsp3) is 1.00. The van der Waals surface area contributed by atoms with Crippen LogP contribution < -0.4 is 5.32 Å². The number of nitrogens with one attached hydrogen (secondary N) is 1. The van der Waals surface area contributed by atoms with Crippen molar-refractivity contribution in [3.63, 3.8) is 0 Å². The number of hydrogen-bond donors (Lipinski definition) is 1. The molecule has 1 heterocycles. The van der Waals surface area contributed by atoms with Gasteiger partial charge in [0, 0.05) is 31.8 Å². The molecule has 1 aliphatic rings. The lowest BCUT2D eigenvalue weighted by Crippen LogP contribution is -2.46. The standard InChI is InChI=1S/C15H32N2O/c1-5-8-14(11-16-13(3)4)17(6-2)12-15-9-7-10-18-15/h13-16H,5-12H2,1-4H3. The summed E-state index contributed by atoms with van der Waals surface area (Å²) < 4.78 is 5.78. The third kappa shape index (κ3) is 5.68. The molecule has 1 fully saturated rings. The lowest BCUT2D eigenvalue weighted by atomic mass is 10.1. The van der Waals surface area contributed by atoms with Gasteiger partial charge in [0.15, 0.2) is 0 Å². The van der Waals surface area contributed by atoms with Crippen molar-refractivity contribution in [2.45, 2.75) is 71.6 Å². The first-order valence-corrected chi connectivity index (χ1v) is 7.76. The number of likely N-dealkylation sites (N-methyl/N-ethyl adjacent to an activating group) is 1. The SMILES string of the molecule is CCCC(CNC(C)C)N(CC)CC1CCCO1. The highest BCUT2D eigenvalue weighted by Crippen LogP contribution is 2.16. The Morgan fingerprint density at radius 3 is 2.61 bits per heavy atom. The maximum absolute atomic E-state index is 5.78. The van der Waals surface area contributed by atoms with Gasteiger partial charge >= 0.3 is 0 Å². The van der Waals surface area contributed by atoms with Gasteiger partial charge < -0.3 is 10.1 Å². The number of nitrogens with zero attached hydrogens (tertiary/aromatic N) is 1.